The molecule has 1 aromatic rings. The molecule has 2 unspecified atom stereocenters. The highest BCUT2D eigenvalue weighted by Crippen LogP contribution is 2.08. The molecular weight excluding hydrogens is 248 g/mol. The van der Waals surface area contributed by atoms with Gasteiger partial charge in [-0.2, -0.15) is 0 Å². The molecule has 0 aliphatic rings. The fourth-order valence-electron chi connectivity index (χ4n) is 1.49. The molecular formula is C13H16N2O4. The molecule has 0 bridgehead atoms. The van der Waals surface area contributed by atoms with Crippen LogP contribution in [0.3, 0.4) is 0 Å². The highest BCUT2D eigenvalue weighted by atomic mass is 16.5. The molecule has 0 aliphatic heterocycles. The van der Waals surface area contributed by atoms with E-state index >= 15 is 0 Å². The highest BCUT2D eigenvalue weighted by molar-refractivity contribution is 5.84. The number of aldehydes is 1. The van der Waals surface area contributed by atoms with Crippen molar-refractivity contribution >= 4 is 18.2 Å². The van der Waals surface area contributed by atoms with Gasteiger partial charge in [0.25, 0.3) is 0 Å². The molecule has 4 N–H and O–H groups in total. The average Bonchev–Trinajstić information content (AvgIpc) is 2.42. The first-order valence-electron chi connectivity index (χ1n) is 5.74. The fraction of sp³-hybridized carbons (Fsp3) is 0.308. The maximum absolute atomic E-state index is 11.6. The number of hydrogen-bond donors (Lipinski definition) is 2. The van der Waals surface area contributed by atoms with Crippen LogP contribution in [0, 0.1) is 5.92 Å². The van der Waals surface area contributed by atoms with Gasteiger partial charge in [0.1, 0.15) is 18.9 Å². The lowest BCUT2D eigenvalue weighted by Gasteiger charge is -2.16. The van der Waals surface area contributed by atoms with Crippen LogP contribution < -0.4 is 11.5 Å². The van der Waals surface area contributed by atoms with Crippen LogP contribution in [-0.2, 0) is 25.7 Å². The van der Waals surface area contributed by atoms with E-state index in [0.717, 1.165) is 5.56 Å². The summed E-state index contributed by atoms with van der Waals surface area (Å²) >= 11 is 0. The minimum atomic E-state index is -1.19. The fourth-order valence-corrected chi connectivity index (χ4v) is 1.49. The molecule has 0 saturated heterocycles. The summed E-state index contributed by atoms with van der Waals surface area (Å²) in [4.78, 5) is 33.1. The number of carbonyl (C=O) groups excluding carboxylic acids is 3. The van der Waals surface area contributed by atoms with Gasteiger partial charge >= 0.3 is 5.97 Å². The van der Waals surface area contributed by atoms with Gasteiger partial charge in [-0.3, -0.25) is 9.59 Å². The summed E-state index contributed by atoms with van der Waals surface area (Å²) in [5, 5.41) is 0. The zero-order valence-corrected chi connectivity index (χ0v) is 10.3. The lowest BCUT2D eigenvalue weighted by Crippen LogP contribution is -2.41. The molecule has 0 aliphatic carbocycles. The summed E-state index contributed by atoms with van der Waals surface area (Å²) < 4.78 is 4.98. The zero-order valence-electron chi connectivity index (χ0n) is 10.3. The lowest BCUT2D eigenvalue weighted by molar-refractivity contribution is -0.149. The van der Waals surface area contributed by atoms with E-state index in [0.29, 0.717) is 6.29 Å². The molecule has 1 amide bonds. The van der Waals surface area contributed by atoms with Crippen molar-refractivity contribution in [2.24, 2.45) is 17.4 Å². The zero-order chi connectivity index (χ0) is 14.3. The minimum Gasteiger partial charge on any atom is -0.460 e. The van der Waals surface area contributed by atoms with Gasteiger partial charge in [-0.25, -0.2) is 0 Å². The Morgan fingerprint density at radius 3 is 2.42 bits per heavy atom. The van der Waals surface area contributed by atoms with E-state index in [4.69, 9.17) is 16.2 Å². The van der Waals surface area contributed by atoms with Crippen molar-refractivity contribution in [3.8, 4) is 0 Å². The first kappa shape index (κ1) is 14.8. The van der Waals surface area contributed by atoms with Crippen LogP contribution in [0.2, 0.25) is 0 Å². The maximum Gasteiger partial charge on any atom is 0.324 e. The van der Waals surface area contributed by atoms with Crippen molar-refractivity contribution in [3.05, 3.63) is 35.9 Å². The van der Waals surface area contributed by atoms with Crippen LogP contribution in [0.1, 0.15) is 12.0 Å². The largest absolute Gasteiger partial charge is 0.460 e. The molecule has 1 rings (SSSR count). The third-order valence-electron chi connectivity index (χ3n) is 2.57. The third-order valence-corrected chi connectivity index (χ3v) is 2.57. The van der Waals surface area contributed by atoms with Crippen molar-refractivity contribution in [2.75, 3.05) is 0 Å². The van der Waals surface area contributed by atoms with Gasteiger partial charge in [0.05, 0.1) is 0 Å². The predicted molar refractivity (Wildman–Crippen MR) is 67.6 cm³/mol. The van der Waals surface area contributed by atoms with Crippen LogP contribution in [0.5, 0.6) is 0 Å². The molecule has 0 aromatic heterocycles. The Morgan fingerprint density at radius 1 is 1.26 bits per heavy atom. The summed E-state index contributed by atoms with van der Waals surface area (Å²) in [6.45, 7) is 0.0650. The first-order valence-corrected chi connectivity index (χ1v) is 5.74. The lowest BCUT2D eigenvalue weighted by atomic mass is 9.98. The van der Waals surface area contributed by atoms with Gasteiger partial charge in [0, 0.05) is 12.3 Å². The average molecular weight is 264 g/mol. The van der Waals surface area contributed by atoms with Crippen molar-refractivity contribution in [3.63, 3.8) is 0 Å². The van der Waals surface area contributed by atoms with Gasteiger partial charge in [-0.1, -0.05) is 30.3 Å². The molecule has 0 fully saturated rings. The molecule has 2 atom stereocenters. The van der Waals surface area contributed by atoms with Crippen molar-refractivity contribution < 1.29 is 19.1 Å². The van der Waals surface area contributed by atoms with Gasteiger partial charge in [-0.15, -0.1) is 0 Å². The van der Waals surface area contributed by atoms with E-state index in [1.807, 2.05) is 18.2 Å². The predicted octanol–water partition coefficient (Wildman–Crippen LogP) is -0.252. The molecule has 1 aromatic carbocycles. The number of primary amides is 1. The molecule has 0 spiro atoms. The summed E-state index contributed by atoms with van der Waals surface area (Å²) in [6.07, 6.45) is 0.171. The van der Waals surface area contributed by atoms with E-state index in [2.05, 4.69) is 0 Å². The summed E-state index contributed by atoms with van der Waals surface area (Å²) in [5.74, 6) is -2.38. The van der Waals surface area contributed by atoms with Gasteiger partial charge in [0.15, 0.2) is 0 Å². The SMILES string of the molecule is NC(=O)CC(C=O)C(N)C(=O)OCc1ccccc1. The Morgan fingerprint density at radius 2 is 1.89 bits per heavy atom. The van der Waals surface area contributed by atoms with Crippen LogP contribution in [-0.4, -0.2) is 24.2 Å². The van der Waals surface area contributed by atoms with Gasteiger partial charge in [0.2, 0.25) is 5.91 Å². The first-order chi connectivity index (χ1) is 9.04. The van der Waals surface area contributed by atoms with Crippen molar-refractivity contribution in [2.45, 2.75) is 19.1 Å². The van der Waals surface area contributed by atoms with Gasteiger partial charge in [-0.05, 0) is 5.56 Å². The van der Waals surface area contributed by atoms with E-state index in [-0.39, 0.29) is 13.0 Å². The van der Waals surface area contributed by atoms with E-state index in [9.17, 15) is 14.4 Å². The molecule has 6 nitrogen and oxygen atoms in total. The van der Waals surface area contributed by atoms with Gasteiger partial charge < -0.3 is 21.0 Å². The Labute approximate surface area is 110 Å². The van der Waals surface area contributed by atoms with Crippen molar-refractivity contribution in [1.29, 1.82) is 0 Å². The molecule has 0 heterocycles. The Kier molecular flexibility index (Phi) is 5.69. The highest BCUT2D eigenvalue weighted by Gasteiger charge is 2.27. The van der Waals surface area contributed by atoms with Crippen molar-refractivity contribution in [1.82, 2.24) is 0 Å². The van der Waals surface area contributed by atoms with E-state index in [1.54, 1.807) is 12.1 Å². The summed E-state index contributed by atoms with van der Waals surface area (Å²) in [7, 11) is 0. The monoisotopic (exact) mass is 264 g/mol. The number of esters is 1. The number of hydrogen-bond acceptors (Lipinski definition) is 5. The molecule has 6 heteroatoms. The summed E-state index contributed by atoms with van der Waals surface area (Å²) in [6, 6.07) is 7.86. The summed E-state index contributed by atoms with van der Waals surface area (Å²) in [5.41, 5.74) is 11.3. The standard InChI is InChI=1S/C13H16N2O4/c14-11(17)6-10(7-16)12(15)13(18)19-8-9-4-2-1-3-5-9/h1-5,7,10,12H,6,8,15H2,(H2,14,17). The van der Waals surface area contributed by atoms with Crippen LogP contribution in [0.25, 0.3) is 0 Å². The number of amides is 1. The molecule has 0 saturated carbocycles. The Hall–Kier alpha value is -2.21. The Balaban J connectivity index is 2.52. The van der Waals surface area contributed by atoms with Crippen LogP contribution >= 0.6 is 0 Å². The number of carbonyl (C=O) groups is 3. The van der Waals surface area contributed by atoms with Crippen LogP contribution in [0.15, 0.2) is 30.3 Å². The molecule has 102 valence electrons. The second kappa shape index (κ2) is 7.27. The third kappa shape index (κ3) is 4.89. The van der Waals surface area contributed by atoms with E-state index < -0.39 is 23.8 Å². The normalized spacial score (nSPS) is 13.3. The van der Waals surface area contributed by atoms with E-state index in [1.165, 1.54) is 0 Å². The number of nitrogens with two attached hydrogens (primary N) is 2. The van der Waals surface area contributed by atoms with Crippen LogP contribution in [0.4, 0.5) is 0 Å². The Bertz CT molecular complexity index is 447. The molecule has 0 radical (unpaired) electrons. The topological polar surface area (TPSA) is 112 Å². The maximum atomic E-state index is 11.6. The quantitative estimate of drug-likeness (QED) is 0.520. The number of benzene rings is 1. The second-order valence-electron chi connectivity index (χ2n) is 4.09. The number of ether oxygens (including phenoxy) is 1. The molecule has 19 heavy (non-hydrogen) atoms. The smallest absolute Gasteiger partial charge is 0.324 e. The minimum absolute atomic E-state index is 0.0650. The number of rotatable bonds is 7. The second-order valence-corrected chi connectivity index (χ2v) is 4.09.